The van der Waals surface area contributed by atoms with Crippen LogP contribution in [0.5, 0.6) is 0 Å². The Kier molecular flexibility index (Phi) is 5.52. The summed E-state index contributed by atoms with van der Waals surface area (Å²) in [6.07, 6.45) is 2.48. The minimum atomic E-state index is 0.488. The first-order chi connectivity index (χ1) is 7.41. The van der Waals surface area contributed by atoms with Gasteiger partial charge in [-0.1, -0.05) is 51.8 Å². The van der Waals surface area contributed by atoms with Gasteiger partial charge in [0.15, 0.2) is 0 Å². The number of alkyl halides is 1. The van der Waals surface area contributed by atoms with Crippen LogP contribution in [0.25, 0.3) is 0 Å². The molecule has 0 saturated carbocycles. The van der Waals surface area contributed by atoms with Crippen LogP contribution in [-0.4, -0.2) is 0 Å². The summed E-state index contributed by atoms with van der Waals surface area (Å²) < 4.78 is 1.21. The number of hydrogen-bond acceptors (Lipinski definition) is 0. The molecule has 1 aromatic rings. The topological polar surface area (TPSA) is 0 Å². The van der Waals surface area contributed by atoms with Crippen molar-refractivity contribution in [2.24, 2.45) is 5.92 Å². The molecule has 0 aromatic heterocycles. The van der Waals surface area contributed by atoms with E-state index < -0.39 is 0 Å². The highest BCUT2D eigenvalue weighted by Gasteiger charge is 2.12. The largest absolute Gasteiger partial charge is 0.0839 e. The summed E-state index contributed by atoms with van der Waals surface area (Å²) in [7, 11) is 0. The summed E-state index contributed by atoms with van der Waals surface area (Å²) in [5.74, 6) is 0.775. The van der Waals surface area contributed by atoms with Gasteiger partial charge in [-0.3, -0.25) is 0 Å². The molecule has 90 valence electrons. The van der Waals surface area contributed by atoms with Gasteiger partial charge in [-0.2, -0.15) is 0 Å². The molecule has 0 radical (unpaired) electrons. The van der Waals surface area contributed by atoms with Crippen molar-refractivity contribution in [3.63, 3.8) is 0 Å². The first kappa shape index (κ1) is 14.2. The van der Waals surface area contributed by atoms with Gasteiger partial charge in [0.25, 0.3) is 0 Å². The highest BCUT2D eigenvalue weighted by Crippen LogP contribution is 2.34. The molecule has 0 saturated heterocycles. The zero-order valence-corrected chi connectivity index (χ0v) is 13.7. The van der Waals surface area contributed by atoms with Gasteiger partial charge in [0, 0.05) is 9.30 Å². The van der Waals surface area contributed by atoms with Crippen molar-refractivity contribution in [2.45, 2.75) is 45.4 Å². The molecule has 0 nitrogen and oxygen atoms in total. The summed E-state index contributed by atoms with van der Waals surface area (Å²) in [5, 5.41) is 0. The molecule has 0 aliphatic rings. The van der Waals surface area contributed by atoms with E-state index in [-0.39, 0.29) is 0 Å². The van der Waals surface area contributed by atoms with E-state index in [0.717, 1.165) is 5.92 Å². The molecule has 0 amide bonds. The molecule has 0 bridgehead atoms. The molecular weight excluding hydrogens is 328 g/mol. The van der Waals surface area contributed by atoms with Crippen molar-refractivity contribution >= 4 is 31.9 Å². The maximum Gasteiger partial charge on any atom is 0.0398 e. The highest BCUT2D eigenvalue weighted by atomic mass is 79.9. The molecule has 0 N–H and O–H groups in total. The molecule has 2 heteroatoms. The fourth-order valence-electron chi connectivity index (χ4n) is 1.78. The van der Waals surface area contributed by atoms with Gasteiger partial charge in [0.05, 0.1) is 0 Å². The quantitative estimate of drug-likeness (QED) is 0.591. The predicted octanol–water partition coefficient (Wildman–Crippen LogP) is 5.94. The third-order valence-corrected chi connectivity index (χ3v) is 4.69. The minimum Gasteiger partial charge on any atom is -0.0839 e. The van der Waals surface area contributed by atoms with Crippen molar-refractivity contribution in [3.8, 4) is 0 Å². The average Bonchev–Trinajstić information content (AvgIpc) is 2.20. The van der Waals surface area contributed by atoms with Crippen LogP contribution in [0.15, 0.2) is 16.6 Å². The number of aryl methyl sites for hydroxylation is 2. The van der Waals surface area contributed by atoms with Crippen LogP contribution < -0.4 is 0 Å². The van der Waals surface area contributed by atoms with Crippen LogP contribution in [0.4, 0.5) is 0 Å². The summed E-state index contributed by atoms with van der Waals surface area (Å²) in [5.41, 5.74) is 4.11. The van der Waals surface area contributed by atoms with E-state index in [4.69, 9.17) is 0 Å². The Morgan fingerprint density at radius 3 is 2.25 bits per heavy atom. The van der Waals surface area contributed by atoms with Crippen molar-refractivity contribution in [1.29, 1.82) is 0 Å². The van der Waals surface area contributed by atoms with E-state index in [1.54, 1.807) is 0 Å². The normalized spacial score (nSPS) is 13.2. The van der Waals surface area contributed by atoms with Gasteiger partial charge in [0.1, 0.15) is 0 Å². The zero-order chi connectivity index (χ0) is 12.3. The summed E-state index contributed by atoms with van der Waals surface area (Å²) in [4.78, 5) is 0.488. The second-order valence-corrected chi connectivity index (χ2v) is 6.86. The fourth-order valence-corrected chi connectivity index (χ4v) is 2.99. The monoisotopic (exact) mass is 346 g/mol. The van der Waals surface area contributed by atoms with Crippen molar-refractivity contribution in [1.82, 2.24) is 0 Å². The van der Waals surface area contributed by atoms with E-state index in [0.29, 0.717) is 4.83 Å². The van der Waals surface area contributed by atoms with E-state index in [1.165, 1.54) is 34.0 Å². The summed E-state index contributed by atoms with van der Waals surface area (Å²) in [6, 6.07) is 4.51. The molecule has 1 unspecified atom stereocenters. The number of hydrogen-bond donors (Lipinski definition) is 0. The lowest BCUT2D eigenvalue weighted by atomic mass is 9.98. The van der Waals surface area contributed by atoms with Crippen LogP contribution in [0, 0.1) is 19.8 Å². The molecule has 1 atom stereocenters. The summed E-state index contributed by atoms with van der Waals surface area (Å²) >= 11 is 7.38. The van der Waals surface area contributed by atoms with Crippen LogP contribution in [0.3, 0.4) is 0 Å². The highest BCUT2D eigenvalue weighted by molar-refractivity contribution is 9.10. The first-order valence-electron chi connectivity index (χ1n) is 5.82. The number of rotatable bonds is 4. The van der Waals surface area contributed by atoms with Gasteiger partial charge < -0.3 is 0 Å². The lowest BCUT2D eigenvalue weighted by molar-refractivity contribution is 0.553. The zero-order valence-electron chi connectivity index (χ0n) is 10.5. The smallest absolute Gasteiger partial charge is 0.0398 e. The molecule has 16 heavy (non-hydrogen) atoms. The van der Waals surface area contributed by atoms with Gasteiger partial charge >= 0.3 is 0 Å². The lowest BCUT2D eigenvalue weighted by Crippen LogP contribution is -1.98. The van der Waals surface area contributed by atoms with Crippen molar-refractivity contribution in [2.75, 3.05) is 0 Å². The Morgan fingerprint density at radius 1 is 1.06 bits per heavy atom. The average molecular weight is 348 g/mol. The van der Waals surface area contributed by atoms with Crippen LogP contribution >= 0.6 is 31.9 Å². The fraction of sp³-hybridized carbons (Fsp3) is 0.571. The maximum atomic E-state index is 3.81. The van der Waals surface area contributed by atoms with Gasteiger partial charge in [-0.25, -0.2) is 0 Å². The van der Waals surface area contributed by atoms with Crippen molar-refractivity contribution < 1.29 is 0 Å². The molecule has 0 aliphatic carbocycles. The number of benzene rings is 1. The molecule has 0 spiro atoms. The second kappa shape index (κ2) is 6.20. The molecular formula is C14H20Br2. The maximum absolute atomic E-state index is 3.81. The second-order valence-electron chi connectivity index (χ2n) is 4.90. The first-order valence-corrected chi connectivity index (χ1v) is 7.53. The lowest BCUT2D eigenvalue weighted by Gasteiger charge is -2.16. The Hall–Kier alpha value is 0.180. The third kappa shape index (κ3) is 3.89. The van der Waals surface area contributed by atoms with Gasteiger partial charge in [-0.15, -0.1) is 0 Å². The predicted molar refractivity (Wildman–Crippen MR) is 79.4 cm³/mol. The Balaban J connectivity index is 2.82. The minimum absolute atomic E-state index is 0.488. The van der Waals surface area contributed by atoms with Gasteiger partial charge in [0.2, 0.25) is 0 Å². The molecule has 0 fully saturated rings. The van der Waals surface area contributed by atoms with Crippen LogP contribution in [0.1, 0.15) is 48.2 Å². The molecule has 1 rings (SSSR count). The standard InChI is InChI=1S/C14H20Br2/c1-9(2)5-6-13(15)12-7-11(4)14(16)8-10(12)3/h7-9,13H,5-6H2,1-4H3. The molecule has 0 heterocycles. The Labute approximate surface area is 116 Å². The Morgan fingerprint density at radius 2 is 1.69 bits per heavy atom. The van der Waals surface area contributed by atoms with Crippen LogP contribution in [-0.2, 0) is 0 Å². The molecule has 1 aromatic carbocycles. The van der Waals surface area contributed by atoms with E-state index in [2.05, 4.69) is 71.7 Å². The van der Waals surface area contributed by atoms with E-state index in [1.807, 2.05) is 0 Å². The summed E-state index contributed by atoms with van der Waals surface area (Å²) in [6.45, 7) is 8.89. The van der Waals surface area contributed by atoms with E-state index in [9.17, 15) is 0 Å². The number of halogens is 2. The molecule has 0 aliphatic heterocycles. The van der Waals surface area contributed by atoms with E-state index >= 15 is 0 Å². The SMILES string of the molecule is Cc1cc(C(Br)CCC(C)C)c(C)cc1Br. The van der Waals surface area contributed by atoms with Crippen LogP contribution in [0.2, 0.25) is 0 Å². The van der Waals surface area contributed by atoms with Gasteiger partial charge in [-0.05, 0) is 55.4 Å². The Bertz CT molecular complexity index is 356. The van der Waals surface area contributed by atoms with Crippen molar-refractivity contribution in [3.05, 3.63) is 33.3 Å². The third-order valence-electron chi connectivity index (χ3n) is 2.88.